The van der Waals surface area contributed by atoms with Gasteiger partial charge in [0.25, 0.3) is 5.91 Å². The van der Waals surface area contributed by atoms with Crippen molar-refractivity contribution in [2.75, 3.05) is 19.7 Å². The van der Waals surface area contributed by atoms with Gasteiger partial charge in [0.1, 0.15) is 0 Å². The van der Waals surface area contributed by atoms with Gasteiger partial charge in [0.15, 0.2) is 5.76 Å². The highest BCUT2D eigenvalue weighted by Crippen LogP contribution is 1.98. The van der Waals surface area contributed by atoms with Crippen LogP contribution in [-0.2, 0) is 4.79 Å². The summed E-state index contributed by atoms with van der Waals surface area (Å²) in [5.74, 6) is -0.645. The number of aliphatic hydroxyl groups excluding tert-OH is 1. The van der Waals surface area contributed by atoms with Crippen molar-refractivity contribution in [3.8, 4) is 0 Å². The molecule has 82 valence electrons. The molecule has 0 spiro atoms. The van der Waals surface area contributed by atoms with Crippen LogP contribution >= 0.6 is 0 Å². The first kappa shape index (κ1) is 11.3. The Balaban J connectivity index is 2.25. The van der Waals surface area contributed by atoms with E-state index in [1.807, 2.05) is 0 Å². The van der Waals surface area contributed by atoms with Gasteiger partial charge in [0.05, 0.1) is 19.4 Å². The molecule has 0 bridgehead atoms. The van der Waals surface area contributed by atoms with E-state index < -0.39 is 5.91 Å². The van der Waals surface area contributed by atoms with E-state index in [1.54, 1.807) is 6.07 Å². The second-order valence-corrected chi connectivity index (χ2v) is 2.73. The monoisotopic (exact) mass is 212 g/mol. The summed E-state index contributed by atoms with van der Waals surface area (Å²) in [6, 6.07) is 3.09. The SMILES string of the molecule is O=C(CNC(=O)c1ccco1)NCCO. The zero-order valence-electron chi connectivity index (χ0n) is 8.03. The first-order valence-corrected chi connectivity index (χ1v) is 4.43. The minimum Gasteiger partial charge on any atom is -0.459 e. The molecule has 0 saturated heterocycles. The minimum atomic E-state index is -0.445. The highest BCUT2D eigenvalue weighted by Gasteiger charge is 2.09. The largest absolute Gasteiger partial charge is 0.459 e. The molecule has 6 heteroatoms. The van der Waals surface area contributed by atoms with Crippen LogP contribution in [0.3, 0.4) is 0 Å². The van der Waals surface area contributed by atoms with Gasteiger partial charge in [0, 0.05) is 6.54 Å². The van der Waals surface area contributed by atoms with Gasteiger partial charge in [-0.25, -0.2) is 0 Å². The smallest absolute Gasteiger partial charge is 0.287 e. The van der Waals surface area contributed by atoms with Crippen LogP contribution in [0, 0.1) is 0 Å². The zero-order valence-corrected chi connectivity index (χ0v) is 8.03. The molecule has 0 radical (unpaired) electrons. The molecule has 0 saturated carbocycles. The van der Waals surface area contributed by atoms with Crippen LogP contribution in [0.1, 0.15) is 10.6 Å². The van der Waals surface area contributed by atoms with Crippen LogP contribution in [0.2, 0.25) is 0 Å². The first-order chi connectivity index (χ1) is 7.24. The van der Waals surface area contributed by atoms with Gasteiger partial charge in [-0.3, -0.25) is 9.59 Å². The number of carbonyl (C=O) groups excluding carboxylic acids is 2. The minimum absolute atomic E-state index is 0.127. The third-order valence-corrected chi connectivity index (χ3v) is 1.59. The molecule has 1 aromatic heterocycles. The molecule has 0 aliphatic heterocycles. The lowest BCUT2D eigenvalue weighted by molar-refractivity contribution is -0.120. The first-order valence-electron chi connectivity index (χ1n) is 4.43. The summed E-state index contributed by atoms with van der Waals surface area (Å²) in [5.41, 5.74) is 0. The van der Waals surface area contributed by atoms with Crippen LogP contribution in [0.15, 0.2) is 22.8 Å². The number of aliphatic hydroxyl groups is 1. The Morgan fingerprint density at radius 2 is 2.20 bits per heavy atom. The molecule has 0 aromatic carbocycles. The molecular weight excluding hydrogens is 200 g/mol. The maximum absolute atomic E-state index is 11.2. The highest BCUT2D eigenvalue weighted by atomic mass is 16.3. The fourth-order valence-corrected chi connectivity index (χ4v) is 0.913. The lowest BCUT2D eigenvalue weighted by Crippen LogP contribution is -2.37. The number of rotatable bonds is 5. The van der Waals surface area contributed by atoms with Crippen molar-refractivity contribution in [1.82, 2.24) is 10.6 Å². The van der Waals surface area contributed by atoms with Gasteiger partial charge in [-0.1, -0.05) is 0 Å². The van der Waals surface area contributed by atoms with Gasteiger partial charge < -0.3 is 20.2 Å². The molecule has 0 atom stereocenters. The predicted molar refractivity (Wildman–Crippen MR) is 51.1 cm³/mol. The van der Waals surface area contributed by atoms with E-state index in [9.17, 15) is 9.59 Å². The molecular formula is C9H12N2O4. The molecule has 1 heterocycles. The number of carbonyl (C=O) groups is 2. The zero-order chi connectivity index (χ0) is 11.1. The molecule has 1 aromatic rings. The standard InChI is InChI=1S/C9H12N2O4/c12-4-3-10-8(13)6-11-9(14)7-2-1-5-15-7/h1-2,5,12H,3-4,6H2,(H,10,13)(H,11,14). The Morgan fingerprint density at radius 1 is 1.40 bits per heavy atom. The molecule has 0 unspecified atom stereocenters. The second kappa shape index (κ2) is 5.82. The van der Waals surface area contributed by atoms with Crippen molar-refractivity contribution < 1.29 is 19.1 Å². The quantitative estimate of drug-likeness (QED) is 0.591. The summed E-state index contributed by atoms with van der Waals surface area (Å²) in [7, 11) is 0. The van der Waals surface area contributed by atoms with Gasteiger partial charge >= 0.3 is 0 Å². The highest BCUT2D eigenvalue weighted by molar-refractivity contribution is 5.94. The molecule has 0 aliphatic rings. The topological polar surface area (TPSA) is 91.6 Å². The lowest BCUT2D eigenvalue weighted by Gasteiger charge is -2.03. The van der Waals surface area contributed by atoms with Crippen LogP contribution in [0.4, 0.5) is 0 Å². The van der Waals surface area contributed by atoms with Crippen molar-refractivity contribution in [2.45, 2.75) is 0 Å². The number of furan rings is 1. The summed E-state index contributed by atoms with van der Waals surface area (Å²) in [4.78, 5) is 22.3. The summed E-state index contributed by atoms with van der Waals surface area (Å²) >= 11 is 0. The van der Waals surface area contributed by atoms with Crippen LogP contribution in [0.25, 0.3) is 0 Å². The average molecular weight is 212 g/mol. The van der Waals surface area contributed by atoms with E-state index in [2.05, 4.69) is 10.6 Å². The van der Waals surface area contributed by atoms with Gasteiger partial charge in [0.2, 0.25) is 5.91 Å². The van der Waals surface area contributed by atoms with E-state index in [4.69, 9.17) is 9.52 Å². The average Bonchev–Trinajstić information content (AvgIpc) is 2.76. The normalized spacial score (nSPS) is 9.67. The van der Waals surface area contributed by atoms with Gasteiger partial charge in [-0.05, 0) is 12.1 Å². The summed E-state index contributed by atoms with van der Waals surface area (Å²) < 4.78 is 4.82. The molecule has 15 heavy (non-hydrogen) atoms. The number of nitrogens with one attached hydrogen (secondary N) is 2. The molecule has 0 aliphatic carbocycles. The van der Waals surface area contributed by atoms with Crippen molar-refractivity contribution in [3.63, 3.8) is 0 Å². The number of hydrogen-bond donors (Lipinski definition) is 3. The Bertz CT molecular complexity index is 321. The Labute approximate surface area is 86.3 Å². The fraction of sp³-hybridized carbons (Fsp3) is 0.333. The van der Waals surface area contributed by atoms with E-state index in [-0.39, 0.29) is 31.4 Å². The van der Waals surface area contributed by atoms with Crippen molar-refractivity contribution in [1.29, 1.82) is 0 Å². The predicted octanol–water partition coefficient (Wildman–Crippen LogP) is -0.882. The number of amides is 2. The van der Waals surface area contributed by atoms with E-state index in [0.717, 1.165) is 0 Å². The number of hydrogen-bond acceptors (Lipinski definition) is 4. The van der Waals surface area contributed by atoms with Gasteiger partial charge in [-0.2, -0.15) is 0 Å². The maximum atomic E-state index is 11.2. The second-order valence-electron chi connectivity index (χ2n) is 2.73. The third-order valence-electron chi connectivity index (χ3n) is 1.59. The van der Waals surface area contributed by atoms with E-state index in [0.29, 0.717) is 0 Å². The molecule has 2 amide bonds. The Morgan fingerprint density at radius 3 is 2.80 bits per heavy atom. The molecule has 1 rings (SSSR count). The lowest BCUT2D eigenvalue weighted by atomic mass is 10.4. The Kier molecular flexibility index (Phi) is 4.36. The third kappa shape index (κ3) is 3.82. The van der Waals surface area contributed by atoms with E-state index >= 15 is 0 Å². The molecule has 3 N–H and O–H groups in total. The van der Waals surface area contributed by atoms with Crippen LogP contribution in [-0.4, -0.2) is 36.6 Å². The summed E-state index contributed by atoms with van der Waals surface area (Å²) in [6.45, 7) is -0.0904. The van der Waals surface area contributed by atoms with Crippen molar-refractivity contribution in [2.24, 2.45) is 0 Å². The van der Waals surface area contributed by atoms with Crippen LogP contribution in [0.5, 0.6) is 0 Å². The van der Waals surface area contributed by atoms with E-state index in [1.165, 1.54) is 12.3 Å². The van der Waals surface area contributed by atoms with Crippen molar-refractivity contribution in [3.05, 3.63) is 24.2 Å². The molecule has 6 nitrogen and oxygen atoms in total. The van der Waals surface area contributed by atoms with Crippen molar-refractivity contribution >= 4 is 11.8 Å². The summed E-state index contributed by atoms with van der Waals surface area (Å²) in [6.07, 6.45) is 1.38. The van der Waals surface area contributed by atoms with Gasteiger partial charge in [-0.15, -0.1) is 0 Å². The maximum Gasteiger partial charge on any atom is 0.287 e. The summed E-state index contributed by atoms with van der Waals surface area (Å²) in [5, 5.41) is 13.2. The Hall–Kier alpha value is -1.82. The molecule has 0 fully saturated rings. The fourth-order valence-electron chi connectivity index (χ4n) is 0.913. The van der Waals surface area contributed by atoms with Crippen LogP contribution < -0.4 is 10.6 Å².